The molecule has 1 aliphatic rings. The summed E-state index contributed by atoms with van der Waals surface area (Å²) in [5.74, 6) is -0.822. The first-order valence-corrected chi connectivity index (χ1v) is 13.5. The first-order chi connectivity index (χ1) is 18.4. The number of fused-ring (bicyclic) bond motifs is 1. The van der Waals surface area contributed by atoms with Gasteiger partial charge in [0.2, 0.25) is 5.56 Å². The number of nitrogens with zero attached hydrogens (tertiary/aromatic N) is 1. The molecular weight excluding hydrogens is 521 g/mol. The zero-order valence-corrected chi connectivity index (χ0v) is 22.3. The molecule has 3 N–H and O–H groups in total. The summed E-state index contributed by atoms with van der Waals surface area (Å²) in [6.07, 6.45) is 1.92. The van der Waals surface area contributed by atoms with Crippen LogP contribution in [0.2, 0.25) is 10.0 Å². The average Bonchev–Trinajstić information content (AvgIpc) is 2.91. The van der Waals surface area contributed by atoms with Gasteiger partial charge in [-0.25, -0.2) is 0 Å². The van der Waals surface area contributed by atoms with Crippen molar-refractivity contribution in [2.24, 2.45) is 0 Å². The van der Waals surface area contributed by atoms with E-state index in [0.717, 1.165) is 59.2 Å². The predicted molar refractivity (Wildman–Crippen MR) is 154 cm³/mol. The number of H-pyrrole nitrogens is 1. The second-order valence-corrected chi connectivity index (χ2v) is 10.7. The Kier molecular flexibility index (Phi) is 8.03. The fourth-order valence-corrected chi connectivity index (χ4v) is 5.48. The third kappa shape index (κ3) is 6.21. The Hall–Kier alpha value is -3.32. The van der Waals surface area contributed by atoms with E-state index in [1.54, 1.807) is 6.07 Å². The summed E-state index contributed by atoms with van der Waals surface area (Å²) < 4.78 is 0. The number of anilines is 1. The minimum Gasteiger partial charge on any atom is -0.481 e. The number of halogens is 2. The first kappa shape index (κ1) is 26.3. The molecule has 2 heterocycles. The van der Waals surface area contributed by atoms with Gasteiger partial charge in [0.15, 0.2) is 0 Å². The molecule has 5 rings (SSSR count). The number of hydrogen-bond acceptors (Lipinski definition) is 4. The summed E-state index contributed by atoms with van der Waals surface area (Å²) in [7, 11) is 0. The number of hydrogen-bond donors (Lipinski definition) is 3. The summed E-state index contributed by atoms with van der Waals surface area (Å²) >= 11 is 12.4. The van der Waals surface area contributed by atoms with Crippen LogP contribution < -0.4 is 10.9 Å². The van der Waals surface area contributed by atoms with Crippen LogP contribution in [0.5, 0.6) is 0 Å². The second-order valence-electron chi connectivity index (χ2n) is 9.79. The van der Waals surface area contributed by atoms with Gasteiger partial charge >= 0.3 is 5.97 Å². The van der Waals surface area contributed by atoms with Crippen LogP contribution in [-0.2, 0) is 4.79 Å². The topological polar surface area (TPSA) is 85.4 Å². The quantitative estimate of drug-likeness (QED) is 0.222. The lowest BCUT2D eigenvalue weighted by atomic mass is 9.84. The molecule has 3 aromatic carbocycles. The molecule has 0 amide bonds. The maximum Gasteiger partial charge on any atom is 0.304 e. The SMILES string of the molecule is O=C(O)CCN1CCC(Nc2cc(=O)[nH]c3ccc(C(c4ccc(Cl)cc4)c4ccc(Cl)cc4)cc23)CC1. The average molecular weight is 550 g/mol. The fraction of sp³-hybridized carbons (Fsp3) is 0.267. The highest BCUT2D eigenvalue weighted by molar-refractivity contribution is 6.30. The van der Waals surface area contributed by atoms with Gasteiger partial charge in [-0.1, -0.05) is 53.5 Å². The van der Waals surface area contributed by atoms with Crippen molar-refractivity contribution in [1.82, 2.24) is 9.88 Å². The molecule has 38 heavy (non-hydrogen) atoms. The maximum atomic E-state index is 12.5. The largest absolute Gasteiger partial charge is 0.481 e. The number of carboxylic acid groups (broad SMARTS) is 1. The molecule has 0 spiro atoms. The molecule has 0 bridgehead atoms. The lowest BCUT2D eigenvalue weighted by molar-refractivity contribution is -0.137. The molecule has 1 saturated heterocycles. The van der Waals surface area contributed by atoms with Gasteiger partial charge in [0.05, 0.1) is 11.9 Å². The molecule has 0 saturated carbocycles. The Morgan fingerprint density at radius 3 is 2.08 bits per heavy atom. The lowest BCUT2D eigenvalue weighted by Crippen LogP contribution is -2.40. The summed E-state index contributed by atoms with van der Waals surface area (Å²) in [6.45, 7) is 2.22. The van der Waals surface area contributed by atoms with Gasteiger partial charge in [0, 0.05) is 58.8 Å². The van der Waals surface area contributed by atoms with Crippen molar-refractivity contribution < 1.29 is 9.90 Å². The third-order valence-electron chi connectivity index (χ3n) is 7.20. The van der Waals surface area contributed by atoms with Gasteiger partial charge in [-0.3, -0.25) is 9.59 Å². The van der Waals surface area contributed by atoms with E-state index in [1.165, 1.54) is 0 Å². The van der Waals surface area contributed by atoms with Crippen LogP contribution in [-0.4, -0.2) is 46.6 Å². The Morgan fingerprint density at radius 1 is 0.921 bits per heavy atom. The number of rotatable bonds is 8. The summed E-state index contributed by atoms with van der Waals surface area (Å²) in [6, 6.07) is 23.7. The normalized spacial score (nSPS) is 14.7. The van der Waals surface area contributed by atoms with Crippen LogP contribution in [0.4, 0.5) is 5.69 Å². The molecule has 1 fully saturated rings. The minimum atomic E-state index is -0.772. The molecule has 6 nitrogen and oxygen atoms in total. The Morgan fingerprint density at radius 2 is 1.50 bits per heavy atom. The van der Waals surface area contributed by atoms with Crippen molar-refractivity contribution in [3.63, 3.8) is 0 Å². The zero-order valence-electron chi connectivity index (χ0n) is 20.8. The van der Waals surface area contributed by atoms with Crippen LogP contribution in [0.25, 0.3) is 10.9 Å². The molecule has 0 radical (unpaired) electrons. The molecular formula is C30H29Cl2N3O3. The van der Waals surface area contributed by atoms with Crippen LogP contribution >= 0.6 is 23.2 Å². The third-order valence-corrected chi connectivity index (χ3v) is 7.70. The summed E-state index contributed by atoms with van der Waals surface area (Å²) in [5, 5.41) is 14.9. The van der Waals surface area contributed by atoms with Crippen molar-refractivity contribution in [3.05, 3.63) is 110 Å². The number of piperidine rings is 1. The van der Waals surface area contributed by atoms with Gasteiger partial charge in [-0.15, -0.1) is 0 Å². The van der Waals surface area contributed by atoms with Crippen molar-refractivity contribution in [2.45, 2.75) is 31.2 Å². The van der Waals surface area contributed by atoms with Crippen molar-refractivity contribution in [1.29, 1.82) is 0 Å². The van der Waals surface area contributed by atoms with Gasteiger partial charge in [-0.05, 0) is 65.9 Å². The number of aromatic amines is 1. The summed E-state index contributed by atoms with van der Waals surface area (Å²) in [4.78, 5) is 28.5. The second kappa shape index (κ2) is 11.6. The highest BCUT2D eigenvalue weighted by Crippen LogP contribution is 2.36. The number of benzene rings is 3. The monoisotopic (exact) mass is 549 g/mol. The number of pyridine rings is 1. The van der Waals surface area contributed by atoms with Gasteiger partial charge in [-0.2, -0.15) is 0 Å². The molecule has 4 aromatic rings. The Labute approximate surface area is 231 Å². The molecule has 196 valence electrons. The van der Waals surface area contributed by atoms with E-state index in [9.17, 15) is 9.59 Å². The van der Waals surface area contributed by atoms with E-state index >= 15 is 0 Å². The minimum absolute atomic E-state index is 0.0498. The van der Waals surface area contributed by atoms with E-state index in [4.69, 9.17) is 28.3 Å². The molecule has 0 aliphatic carbocycles. The number of aliphatic carboxylic acids is 1. The van der Waals surface area contributed by atoms with Crippen LogP contribution in [0.15, 0.2) is 77.6 Å². The number of likely N-dealkylation sites (tertiary alicyclic amines) is 1. The van der Waals surface area contributed by atoms with E-state index in [1.807, 2.05) is 54.6 Å². The smallest absolute Gasteiger partial charge is 0.304 e. The van der Waals surface area contributed by atoms with E-state index < -0.39 is 5.97 Å². The molecule has 0 atom stereocenters. The number of nitrogens with one attached hydrogen (secondary N) is 2. The predicted octanol–water partition coefficient (Wildman–Crippen LogP) is 6.37. The van der Waals surface area contributed by atoms with E-state index in [2.05, 4.69) is 27.3 Å². The fourth-order valence-electron chi connectivity index (χ4n) is 5.23. The van der Waals surface area contributed by atoms with Crippen LogP contribution in [0.3, 0.4) is 0 Å². The molecule has 1 aromatic heterocycles. The highest BCUT2D eigenvalue weighted by Gasteiger charge is 2.22. The number of carbonyl (C=O) groups is 1. The van der Waals surface area contributed by atoms with Crippen LogP contribution in [0.1, 0.15) is 41.9 Å². The van der Waals surface area contributed by atoms with Crippen molar-refractivity contribution in [2.75, 3.05) is 25.0 Å². The number of aromatic nitrogens is 1. The van der Waals surface area contributed by atoms with Gasteiger partial charge in [0.1, 0.15) is 0 Å². The summed E-state index contributed by atoms with van der Waals surface area (Å²) in [5.41, 5.74) is 4.71. The van der Waals surface area contributed by atoms with Crippen molar-refractivity contribution in [3.8, 4) is 0 Å². The van der Waals surface area contributed by atoms with Gasteiger partial charge in [0.25, 0.3) is 0 Å². The first-order valence-electron chi connectivity index (χ1n) is 12.7. The molecule has 1 aliphatic heterocycles. The Balaban J connectivity index is 1.47. The molecule has 8 heteroatoms. The lowest BCUT2D eigenvalue weighted by Gasteiger charge is -2.32. The van der Waals surface area contributed by atoms with Gasteiger partial charge < -0.3 is 20.3 Å². The maximum absolute atomic E-state index is 12.5. The van der Waals surface area contributed by atoms with Crippen molar-refractivity contribution >= 4 is 45.8 Å². The van der Waals surface area contributed by atoms with Crippen LogP contribution in [0, 0.1) is 0 Å². The standard InChI is InChI=1S/C30H29Cl2N3O3/c31-22-6-1-19(2-7-22)30(20-3-8-23(32)9-4-20)21-5-10-26-25(17-21)27(18-28(36)34-26)33-24-11-14-35(15-12-24)16-13-29(37)38/h1-10,17-18,24,30H,11-16H2,(H,37,38)(H2,33,34,36). The van der Waals surface area contributed by atoms with E-state index in [0.29, 0.717) is 16.6 Å². The zero-order chi connectivity index (χ0) is 26.6. The van der Waals surface area contributed by atoms with E-state index in [-0.39, 0.29) is 23.9 Å². The highest BCUT2D eigenvalue weighted by atomic mass is 35.5. The number of carboxylic acids is 1. The molecule has 0 unspecified atom stereocenters. The Bertz CT molecular complexity index is 1430.